The molecule has 4 aromatic rings. The molecule has 0 aliphatic rings. The van der Waals surface area contributed by atoms with Gasteiger partial charge in [-0.2, -0.15) is 23.1 Å². The Morgan fingerprint density at radius 3 is 2.63 bits per heavy atom. The Labute approximate surface area is 172 Å². The van der Waals surface area contributed by atoms with Crippen LogP contribution in [0.5, 0.6) is 0 Å². The van der Waals surface area contributed by atoms with Crippen molar-refractivity contribution in [3.63, 3.8) is 0 Å². The summed E-state index contributed by atoms with van der Waals surface area (Å²) in [5.41, 5.74) is 2.63. The van der Waals surface area contributed by atoms with Crippen molar-refractivity contribution in [1.29, 1.82) is 0 Å². The van der Waals surface area contributed by atoms with Crippen molar-refractivity contribution in [3.05, 3.63) is 51.8 Å². The summed E-state index contributed by atoms with van der Waals surface area (Å²) in [6, 6.07) is 7.76. The van der Waals surface area contributed by atoms with Crippen molar-refractivity contribution >= 4 is 33.2 Å². The van der Waals surface area contributed by atoms with Crippen molar-refractivity contribution in [2.24, 2.45) is 12.0 Å². The minimum atomic E-state index is -4.65. The molecule has 0 atom stereocenters. The number of aryl methyl sites for hydroxylation is 3. The lowest BCUT2D eigenvalue weighted by molar-refractivity contribution is -0.144. The van der Waals surface area contributed by atoms with Gasteiger partial charge in [0.15, 0.2) is 4.80 Å². The SMILES string of the molecule is Cc1nc2nc(C(F)(F)F)nn2c(C)c1CCC(=O)N=c1sc2ccccc2n1C. The number of carbonyl (C=O) groups excluding carboxylic acids is 1. The van der Waals surface area contributed by atoms with Gasteiger partial charge in [0.2, 0.25) is 5.91 Å². The van der Waals surface area contributed by atoms with E-state index >= 15 is 0 Å². The molecule has 0 spiro atoms. The highest BCUT2D eigenvalue weighted by Gasteiger charge is 2.36. The van der Waals surface area contributed by atoms with Gasteiger partial charge < -0.3 is 4.57 Å². The van der Waals surface area contributed by atoms with Gasteiger partial charge in [-0.3, -0.25) is 4.79 Å². The van der Waals surface area contributed by atoms with Gasteiger partial charge in [-0.25, -0.2) is 9.50 Å². The minimum absolute atomic E-state index is 0.101. The van der Waals surface area contributed by atoms with E-state index in [-0.39, 0.29) is 18.1 Å². The molecule has 3 aromatic heterocycles. The molecule has 0 bridgehead atoms. The number of alkyl halides is 3. The monoisotopic (exact) mass is 434 g/mol. The van der Waals surface area contributed by atoms with E-state index in [0.29, 0.717) is 28.2 Å². The number of amides is 1. The van der Waals surface area contributed by atoms with Gasteiger partial charge in [-0.05, 0) is 38.0 Å². The first-order valence-corrected chi connectivity index (χ1v) is 9.89. The molecule has 11 heteroatoms. The van der Waals surface area contributed by atoms with Crippen LogP contribution in [0.1, 0.15) is 29.2 Å². The first-order chi connectivity index (χ1) is 14.1. The molecule has 1 aromatic carbocycles. The van der Waals surface area contributed by atoms with Crippen molar-refractivity contribution in [2.45, 2.75) is 32.9 Å². The number of nitrogens with zero attached hydrogens (tertiary/aromatic N) is 6. The largest absolute Gasteiger partial charge is 0.453 e. The van der Waals surface area contributed by atoms with Gasteiger partial charge >= 0.3 is 6.18 Å². The fourth-order valence-corrected chi connectivity index (χ4v) is 4.31. The number of hydrogen-bond acceptors (Lipinski definition) is 5. The maximum atomic E-state index is 12.9. The topological polar surface area (TPSA) is 77.4 Å². The van der Waals surface area contributed by atoms with E-state index in [1.165, 1.54) is 11.3 Å². The van der Waals surface area contributed by atoms with Crippen LogP contribution in [0.25, 0.3) is 16.0 Å². The van der Waals surface area contributed by atoms with Crippen LogP contribution >= 0.6 is 11.3 Å². The summed E-state index contributed by atoms with van der Waals surface area (Å²) in [6.45, 7) is 3.32. The Balaban J connectivity index is 1.61. The second kappa shape index (κ2) is 7.31. The van der Waals surface area contributed by atoms with E-state index in [2.05, 4.69) is 20.1 Å². The van der Waals surface area contributed by atoms with Gasteiger partial charge in [0.1, 0.15) is 0 Å². The molecular weight excluding hydrogens is 417 g/mol. The Morgan fingerprint density at radius 1 is 1.20 bits per heavy atom. The van der Waals surface area contributed by atoms with Gasteiger partial charge in [-0.15, -0.1) is 5.10 Å². The fraction of sp³-hybridized carbons (Fsp3) is 0.316. The lowest BCUT2D eigenvalue weighted by Crippen LogP contribution is -2.14. The number of halogens is 3. The summed E-state index contributed by atoms with van der Waals surface area (Å²) in [7, 11) is 1.85. The van der Waals surface area contributed by atoms with E-state index < -0.39 is 12.0 Å². The summed E-state index contributed by atoms with van der Waals surface area (Å²) in [4.78, 5) is 24.8. The molecule has 0 aliphatic heterocycles. The van der Waals surface area contributed by atoms with Crippen molar-refractivity contribution in [3.8, 4) is 0 Å². The molecule has 0 radical (unpaired) electrons. The molecule has 0 N–H and O–H groups in total. The number of carbonyl (C=O) groups is 1. The summed E-state index contributed by atoms with van der Waals surface area (Å²) < 4.78 is 42.7. The van der Waals surface area contributed by atoms with Crippen LogP contribution in [0.15, 0.2) is 29.3 Å². The number of benzene rings is 1. The van der Waals surface area contributed by atoms with Crippen molar-refractivity contribution < 1.29 is 18.0 Å². The molecule has 156 valence electrons. The zero-order valence-corrected chi connectivity index (χ0v) is 17.2. The first kappa shape index (κ1) is 20.2. The molecule has 1 amide bonds. The average molecular weight is 434 g/mol. The highest BCUT2D eigenvalue weighted by atomic mass is 32.1. The number of fused-ring (bicyclic) bond motifs is 2. The lowest BCUT2D eigenvalue weighted by Gasteiger charge is -2.09. The third-order valence-electron chi connectivity index (χ3n) is 4.83. The first-order valence-electron chi connectivity index (χ1n) is 9.07. The number of rotatable bonds is 3. The van der Waals surface area contributed by atoms with Crippen LogP contribution in [0.4, 0.5) is 13.2 Å². The number of para-hydroxylation sites is 1. The second-order valence-electron chi connectivity index (χ2n) is 6.82. The number of aromatic nitrogens is 5. The predicted molar refractivity (Wildman–Crippen MR) is 105 cm³/mol. The molecule has 30 heavy (non-hydrogen) atoms. The molecule has 0 saturated heterocycles. The maximum absolute atomic E-state index is 12.9. The molecule has 7 nitrogen and oxygen atoms in total. The van der Waals surface area contributed by atoms with Gasteiger partial charge in [0.25, 0.3) is 11.6 Å². The van der Waals surface area contributed by atoms with Crippen LogP contribution in [0.3, 0.4) is 0 Å². The zero-order valence-electron chi connectivity index (χ0n) is 16.4. The Morgan fingerprint density at radius 2 is 1.93 bits per heavy atom. The maximum Gasteiger partial charge on any atom is 0.453 e. The molecular formula is C19H17F3N6OS. The van der Waals surface area contributed by atoms with Crippen LogP contribution in [0, 0.1) is 13.8 Å². The summed E-state index contributed by atoms with van der Waals surface area (Å²) in [5, 5.41) is 3.52. The van der Waals surface area contributed by atoms with Crippen LogP contribution in [0.2, 0.25) is 0 Å². The Kier molecular flexibility index (Phi) is 4.92. The third kappa shape index (κ3) is 3.60. The Hall–Kier alpha value is -3.08. The van der Waals surface area contributed by atoms with Crippen molar-refractivity contribution in [2.75, 3.05) is 0 Å². The molecule has 0 saturated carbocycles. The van der Waals surface area contributed by atoms with Crippen LogP contribution in [-0.4, -0.2) is 30.1 Å². The van der Waals surface area contributed by atoms with Gasteiger partial charge in [0, 0.05) is 24.9 Å². The van der Waals surface area contributed by atoms with Gasteiger partial charge in [0.05, 0.1) is 10.2 Å². The molecule has 4 rings (SSSR count). The van der Waals surface area contributed by atoms with Crippen LogP contribution in [-0.2, 0) is 24.4 Å². The number of hydrogen-bond donors (Lipinski definition) is 0. The van der Waals surface area contributed by atoms with Crippen molar-refractivity contribution in [1.82, 2.24) is 24.1 Å². The van der Waals surface area contributed by atoms with Crippen LogP contribution < -0.4 is 4.80 Å². The van der Waals surface area contributed by atoms with E-state index in [4.69, 9.17) is 0 Å². The predicted octanol–water partition coefficient (Wildman–Crippen LogP) is 3.37. The smallest absolute Gasteiger partial charge is 0.319 e. The van der Waals surface area contributed by atoms with E-state index in [1.807, 2.05) is 35.9 Å². The summed E-state index contributed by atoms with van der Waals surface area (Å²) in [6.07, 6.45) is -4.26. The minimum Gasteiger partial charge on any atom is -0.319 e. The average Bonchev–Trinajstić information content (AvgIpc) is 3.24. The number of thiazole rings is 1. The standard InChI is InChI=1S/C19H17F3N6OS/c1-10-12(11(2)28-17(23-10)25-16(26-28)19(20,21)22)8-9-15(29)24-18-27(3)13-6-4-5-7-14(13)30-18/h4-7H,8-9H2,1-3H3. The van der Waals surface area contributed by atoms with Gasteiger partial charge in [-0.1, -0.05) is 23.5 Å². The quantitative estimate of drug-likeness (QED) is 0.495. The third-order valence-corrected chi connectivity index (χ3v) is 5.94. The lowest BCUT2D eigenvalue weighted by atomic mass is 10.1. The molecule has 0 fully saturated rings. The van der Waals surface area contributed by atoms with E-state index in [0.717, 1.165) is 14.7 Å². The second-order valence-corrected chi connectivity index (χ2v) is 7.83. The zero-order chi connectivity index (χ0) is 21.6. The molecule has 0 aliphatic carbocycles. The fourth-order valence-electron chi connectivity index (χ4n) is 3.27. The van der Waals surface area contributed by atoms with E-state index in [9.17, 15) is 18.0 Å². The highest BCUT2D eigenvalue weighted by molar-refractivity contribution is 7.16. The van der Waals surface area contributed by atoms with E-state index in [1.54, 1.807) is 13.8 Å². The highest BCUT2D eigenvalue weighted by Crippen LogP contribution is 2.27. The normalized spacial score (nSPS) is 12.9. The summed E-state index contributed by atoms with van der Waals surface area (Å²) in [5.74, 6) is -1.67. The summed E-state index contributed by atoms with van der Waals surface area (Å²) >= 11 is 1.42. The Bertz CT molecular complexity index is 1350. The molecule has 3 heterocycles. The molecule has 0 unspecified atom stereocenters.